The van der Waals surface area contributed by atoms with E-state index in [1.807, 2.05) is 11.8 Å². The molecule has 1 unspecified atom stereocenters. The molecule has 0 aromatic heterocycles. The van der Waals surface area contributed by atoms with Gasteiger partial charge in [0.05, 0.1) is 0 Å². The predicted octanol–water partition coefficient (Wildman–Crippen LogP) is 4.18. The molecule has 0 N–H and O–H groups in total. The van der Waals surface area contributed by atoms with Crippen LogP contribution in [0.5, 0.6) is 0 Å². The average Bonchev–Trinajstić information content (AvgIpc) is 2.34. The molecule has 0 aliphatic rings. The molecule has 0 fully saturated rings. The Morgan fingerprint density at radius 3 is 2.59 bits per heavy atom. The van der Waals surface area contributed by atoms with Gasteiger partial charge in [0.1, 0.15) is 5.82 Å². The Hall–Kier alpha value is -0.830. The van der Waals surface area contributed by atoms with Crippen LogP contribution < -0.4 is 0 Å². The van der Waals surface area contributed by atoms with E-state index in [-0.39, 0.29) is 11.6 Å². The van der Waals surface area contributed by atoms with E-state index in [4.69, 9.17) is 0 Å². The second kappa shape index (κ2) is 7.49. The Morgan fingerprint density at radius 1 is 1.35 bits per heavy atom. The van der Waals surface area contributed by atoms with Gasteiger partial charge >= 0.3 is 0 Å². The van der Waals surface area contributed by atoms with Gasteiger partial charge in [0, 0.05) is 17.7 Å². The molecule has 94 valence electrons. The van der Waals surface area contributed by atoms with Crippen molar-refractivity contribution in [2.24, 2.45) is 5.92 Å². The van der Waals surface area contributed by atoms with Crippen LogP contribution in [-0.4, -0.2) is 17.3 Å². The molecule has 3 heteroatoms. The molecule has 1 nitrogen and oxygen atoms in total. The fourth-order valence-electron chi connectivity index (χ4n) is 1.35. The van der Waals surface area contributed by atoms with E-state index in [1.54, 1.807) is 12.1 Å². The van der Waals surface area contributed by atoms with Crippen molar-refractivity contribution in [2.75, 3.05) is 11.5 Å². The zero-order chi connectivity index (χ0) is 12.7. The first-order chi connectivity index (χ1) is 8.13. The van der Waals surface area contributed by atoms with Gasteiger partial charge in [-0.25, -0.2) is 4.39 Å². The van der Waals surface area contributed by atoms with E-state index in [9.17, 15) is 9.18 Å². The van der Waals surface area contributed by atoms with E-state index >= 15 is 0 Å². The zero-order valence-electron chi connectivity index (χ0n) is 10.4. The molecule has 0 saturated heterocycles. The van der Waals surface area contributed by atoms with Crippen molar-refractivity contribution < 1.29 is 9.18 Å². The van der Waals surface area contributed by atoms with Crippen molar-refractivity contribution in [2.45, 2.75) is 26.7 Å². The second-order valence-electron chi connectivity index (χ2n) is 4.27. The molecule has 0 amide bonds. The summed E-state index contributed by atoms with van der Waals surface area (Å²) < 4.78 is 12.7. The lowest BCUT2D eigenvalue weighted by Crippen LogP contribution is -2.02. The van der Waals surface area contributed by atoms with Gasteiger partial charge in [0.2, 0.25) is 0 Å². The van der Waals surface area contributed by atoms with Crippen LogP contribution in [0.2, 0.25) is 0 Å². The first-order valence-electron chi connectivity index (χ1n) is 6.00. The molecule has 0 aliphatic carbocycles. The van der Waals surface area contributed by atoms with E-state index in [0.717, 1.165) is 11.5 Å². The minimum atomic E-state index is -0.298. The summed E-state index contributed by atoms with van der Waals surface area (Å²) in [5.74, 6) is 2.46. The maximum absolute atomic E-state index is 12.7. The van der Waals surface area contributed by atoms with Gasteiger partial charge < -0.3 is 0 Å². The summed E-state index contributed by atoms with van der Waals surface area (Å²) in [4.78, 5) is 11.7. The van der Waals surface area contributed by atoms with Crippen LogP contribution in [0.1, 0.15) is 37.0 Å². The highest BCUT2D eigenvalue weighted by Crippen LogP contribution is 2.14. The number of benzene rings is 1. The number of halogens is 1. The molecule has 1 aromatic rings. The van der Waals surface area contributed by atoms with Crippen molar-refractivity contribution in [3.63, 3.8) is 0 Å². The summed E-state index contributed by atoms with van der Waals surface area (Å²) in [6, 6.07) is 5.77. The summed E-state index contributed by atoms with van der Waals surface area (Å²) in [5.41, 5.74) is 0.607. The van der Waals surface area contributed by atoms with E-state index in [2.05, 4.69) is 13.8 Å². The smallest absolute Gasteiger partial charge is 0.163 e. The van der Waals surface area contributed by atoms with Crippen LogP contribution in [-0.2, 0) is 0 Å². The van der Waals surface area contributed by atoms with Gasteiger partial charge in [-0.3, -0.25) is 4.79 Å². The number of Topliss-reactive ketones (excluding diaryl/α,β-unsaturated/α-hetero) is 1. The molecule has 0 spiro atoms. The molecule has 1 atom stereocenters. The third-order valence-electron chi connectivity index (χ3n) is 2.74. The number of carbonyl (C=O) groups excluding carboxylic acids is 1. The lowest BCUT2D eigenvalue weighted by Gasteiger charge is -2.07. The lowest BCUT2D eigenvalue weighted by atomic mass is 10.1. The monoisotopic (exact) mass is 254 g/mol. The minimum Gasteiger partial charge on any atom is -0.294 e. The van der Waals surface area contributed by atoms with Gasteiger partial charge in [0.15, 0.2) is 5.78 Å². The maximum atomic E-state index is 12.7. The molecule has 1 rings (SSSR count). The van der Waals surface area contributed by atoms with Crippen LogP contribution in [0.15, 0.2) is 24.3 Å². The number of carbonyl (C=O) groups is 1. The van der Waals surface area contributed by atoms with Gasteiger partial charge in [-0.2, -0.15) is 11.8 Å². The second-order valence-corrected chi connectivity index (χ2v) is 5.42. The molecule has 0 saturated carbocycles. The first-order valence-corrected chi connectivity index (χ1v) is 7.15. The third kappa shape index (κ3) is 5.35. The molecule has 0 aliphatic heterocycles. The van der Waals surface area contributed by atoms with Gasteiger partial charge in [0.25, 0.3) is 0 Å². The fourth-order valence-corrected chi connectivity index (χ4v) is 2.48. The highest BCUT2D eigenvalue weighted by atomic mass is 32.2. The van der Waals surface area contributed by atoms with Crippen molar-refractivity contribution in [1.82, 2.24) is 0 Å². The maximum Gasteiger partial charge on any atom is 0.163 e. The van der Waals surface area contributed by atoms with Crippen molar-refractivity contribution in [1.29, 1.82) is 0 Å². The third-order valence-corrected chi connectivity index (χ3v) is 4.04. The number of ketones is 1. The van der Waals surface area contributed by atoms with E-state index in [0.29, 0.717) is 17.9 Å². The number of hydrogen-bond acceptors (Lipinski definition) is 2. The van der Waals surface area contributed by atoms with Crippen molar-refractivity contribution >= 4 is 17.5 Å². The highest BCUT2D eigenvalue weighted by molar-refractivity contribution is 7.99. The standard InChI is InChI=1S/C14H19FOS/c1-3-11(2)10-17-9-8-14(16)12-4-6-13(15)7-5-12/h4-7,11H,3,8-10H2,1-2H3. The Balaban J connectivity index is 2.28. The first kappa shape index (κ1) is 14.2. The molecular weight excluding hydrogens is 235 g/mol. The van der Waals surface area contributed by atoms with Crippen LogP contribution in [0.3, 0.4) is 0 Å². The fraction of sp³-hybridized carbons (Fsp3) is 0.500. The lowest BCUT2D eigenvalue weighted by molar-refractivity contribution is 0.0989. The summed E-state index contributed by atoms with van der Waals surface area (Å²) in [6.45, 7) is 4.39. The molecule has 0 radical (unpaired) electrons. The van der Waals surface area contributed by atoms with Gasteiger partial charge in [-0.1, -0.05) is 20.3 Å². The van der Waals surface area contributed by atoms with E-state index < -0.39 is 0 Å². The van der Waals surface area contributed by atoms with Crippen LogP contribution >= 0.6 is 11.8 Å². The Morgan fingerprint density at radius 2 is 2.00 bits per heavy atom. The molecule has 1 aromatic carbocycles. The molecule has 0 heterocycles. The van der Waals surface area contributed by atoms with Crippen molar-refractivity contribution in [3.8, 4) is 0 Å². The summed E-state index contributed by atoms with van der Waals surface area (Å²) in [7, 11) is 0. The van der Waals surface area contributed by atoms with Crippen LogP contribution in [0, 0.1) is 11.7 Å². The summed E-state index contributed by atoms with van der Waals surface area (Å²) in [6.07, 6.45) is 1.71. The normalized spacial score (nSPS) is 12.4. The predicted molar refractivity (Wildman–Crippen MR) is 72.1 cm³/mol. The number of thioether (sulfide) groups is 1. The topological polar surface area (TPSA) is 17.1 Å². The van der Waals surface area contributed by atoms with E-state index in [1.165, 1.54) is 18.6 Å². The highest BCUT2D eigenvalue weighted by Gasteiger charge is 2.06. The summed E-state index contributed by atoms with van der Waals surface area (Å²) >= 11 is 1.82. The quantitative estimate of drug-likeness (QED) is 0.536. The average molecular weight is 254 g/mol. The number of rotatable bonds is 7. The summed E-state index contributed by atoms with van der Waals surface area (Å²) in [5, 5.41) is 0. The van der Waals surface area contributed by atoms with Gasteiger partial charge in [-0.15, -0.1) is 0 Å². The molecule has 17 heavy (non-hydrogen) atoms. The van der Waals surface area contributed by atoms with Crippen LogP contribution in [0.4, 0.5) is 4.39 Å². The zero-order valence-corrected chi connectivity index (χ0v) is 11.2. The Bertz CT molecular complexity index is 348. The Labute approximate surface area is 107 Å². The van der Waals surface area contributed by atoms with Gasteiger partial charge in [-0.05, 0) is 35.9 Å². The van der Waals surface area contributed by atoms with Crippen LogP contribution in [0.25, 0.3) is 0 Å². The SMILES string of the molecule is CCC(C)CSCCC(=O)c1ccc(F)cc1. The van der Waals surface area contributed by atoms with Crippen molar-refractivity contribution in [3.05, 3.63) is 35.6 Å². The molecule has 0 bridgehead atoms. The minimum absolute atomic E-state index is 0.0988. The number of hydrogen-bond donors (Lipinski definition) is 0. The largest absolute Gasteiger partial charge is 0.294 e. The Kier molecular flexibility index (Phi) is 6.27. The molecular formula is C14H19FOS.